The Balaban J connectivity index is 3.34. The van der Waals surface area contributed by atoms with Gasteiger partial charge in [0.05, 0.1) is 0 Å². The minimum absolute atomic E-state index is 0.318. The lowest BCUT2D eigenvalue weighted by Gasteiger charge is -2.00. The molecule has 0 heterocycles. The van der Waals surface area contributed by atoms with E-state index in [1.807, 2.05) is 6.08 Å². The van der Waals surface area contributed by atoms with E-state index in [4.69, 9.17) is 5.73 Å². The van der Waals surface area contributed by atoms with Crippen molar-refractivity contribution >= 4 is 5.91 Å². The van der Waals surface area contributed by atoms with Crippen LogP contribution < -0.4 is 11.1 Å². The largest absolute Gasteiger partial charge is 0.366 e. The smallest absolute Gasteiger partial charge is 0.244 e. The van der Waals surface area contributed by atoms with Crippen molar-refractivity contribution in [3.8, 4) is 0 Å². The minimum Gasteiger partial charge on any atom is -0.366 e. The summed E-state index contributed by atoms with van der Waals surface area (Å²) >= 11 is 0. The quantitative estimate of drug-likeness (QED) is 0.461. The summed E-state index contributed by atoms with van der Waals surface area (Å²) in [7, 11) is 0. The van der Waals surface area contributed by atoms with E-state index in [2.05, 4.69) is 12.2 Å². The van der Waals surface area contributed by atoms with Crippen molar-refractivity contribution in [3.05, 3.63) is 11.6 Å². The van der Waals surface area contributed by atoms with Gasteiger partial charge in [0, 0.05) is 5.57 Å². The SMILES string of the molecule is CCCNCCCC=C(C)C(N)=O. The van der Waals surface area contributed by atoms with Gasteiger partial charge in [0.1, 0.15) is 0 Å². The van der Waals surface area contributed by atoms with Gasteiger partial charge in [-0.1, -0.05) is 13.0 Å². The highest BCUT2D eigenvalue weighted by atomic mass is 16.1. The van der Waals surface area contributed by atoms with Crippen LogP contribution in [0, 0.1) is 0 Å². The third-order valence-electron chi connectivity index (χ3n) is 1.82. The van der Waals surface area contributed by atoms with Gasteiger partial charge in [-0.3, -0.25) is 4.79 Å². The summed E-state index contributed by atoms with van der Waals surface area (Å²) in [4.78, 5) is 10.6. The third kappa shape index (κ3) is 7.53. The van der Waals surface area contributed by atoms with Crippen LogP contribution in [0.15, 0.2) is 11.6 Å². The van der Waals surface area contributed by atoms with Crippen LogP contribution in [0.4, 0.5) is 0 Å². The number of carbonyl (C=O) groups excluding carboxylic acids is 1. The number of nitrogens with two attached hydrogens (primary N) is 1. The molecule has 13 heavy (non-hydrogen) atoms. The number of allylic oxidation sites excluding steroid dienone is 1. The van der Waals surface area contributed by atoms with Crippen LogP contribution in [0.1, 0.15) is 33.1 Å². The molecule has 0 aliphatic carbocycles. The summed E-state index contributed by atoms with van der Waals surface area (Å²) < 4.78 is 0. The third-order valence-corrected chi connectivity index (χ3v) is 1.82. The molecule has 0 aliphatic rings. The van der Waals surface area contributed by atoms with Gasteiger partial charge in [0.15, 0.2) is 0 Å². The molecule has 0 rings (SSSR count). The molecule has 1 amide bonds. The molecule has 0 unspecified atom stereocenters. The normalized spacial score (nSPS) is 11.7. The fourth-order valence-corrected chi connectivity index (χ4v) is 0.948. The predicted octanol–water partition coefficient (Wildman–Crippen LogP) is 1.20. The maximum Gasteiger partial charge on any atom is 0.244 e. The van der Waals surface area contributed by atoms with Crippen LogP contribution in [0.2, 0.25) is 0 Å². The average Bonchev–Trinajstić information content (AvgIpc) is 2.10. The molecular weight excluding hydrogens is 164 g/mol. The first kappa shape index (κ1) is 12.2. The van der Waals surface area contributed by atoms with E-state index in [1.54, 1.807) is 6.92 Å². The molecule has 0 aromatic rings. The Morgan fingerprint density at radius 3 is 2.69 bits per heavy atom. The lowest BCUT2D eigenvalue weighted by molar-refractivity contribution is -0.114. The van der Waals surface area contributed by atoms with Crippen LogP contribution in [0.3, 0.4) is 0 Å². The number of hydrogen-bond donors (Lipinski definition) is 2. The van der Waals surface area contributed by atoms with Gasteiger partial charge in [-0.2, -0.15) is 0 Å². The zero-order valence-electron chi connectivity index (χ0n) is 8.60. The molecule has 0 saturated carbocycles. The summed E-state index contributed by atoms with van der Waals surface area (Å²) in [5.74, 6) is -0.318. The van der Waals surface area contributed by atoms with Crippen LogP contribution in [-0.2, 0) is 4.79 Å². The minimum atomic E-state index is -0.318. The summed E-state index contributed by atoms with van der Waals surface area (Å²) in [5, 5.41) is 3.29. The van der Waals surface area contributed by atoms with Crippen LogP contribution >= 0.6 is 0 Å². The average molecular weight is 184 g/mol. The highest BCUT2D eigenvalue weighted by Gasteiger charge is 1.94. The van der Waals surface area contributed by atoms with Gasteiger partial charge in [0.2, 0.25) is 5.91 Å². The number of hydrogen-bond acceptors (Lipinski definition) is 2. The second kappa shape index (κ2) is 7.80. The van der Waals surface area contributed by atoms with Gasteiger partial charge in [-0.25, -0.2) is 0 Å². The molecule has 0 radical (unpaired) electrons. The number of amides is 1. The van der Waals surface area contributed by atoms with E-state index in [9.17, 15) is 4.79 Å². The Morgan fingerprint density at radius 2 is 2.15 bits per heavy atom. The van der Waals surface area contributed by atoms with E-state index >= 15 is 0 Å². The van der Waals surface area contributed by atoms with Crippen molar-refractivity contribution in [2.45, 2.75) is 33.1 Å². The van der Waals surface area contributed by atoms with Crippen LogP contribution in [0.5, 0.6) is 0 Å². The monoisotopic (exact) mass is 184 g/mol. The van der Waals surface area contributed by atoms with Gasteiger partial charge < -0.3 is 11.1 Å². The highest BCUT2D eigenvalue weighted by molar-refractivity contribution is 5.91. The molecule has 0 aliphatic heterocycles. The van der Waals surface area contributed by atoms with Crippen molar-refractivity contribution in [1.29, 1.82) is 0 Å². The molecule has 3 N–H and O–H groups in total. The molecule has 0 spiro atoms. The van der Waals surface area contributed by atoms with Gasteiger partial charge >= 0.3 is 0 Å². The lowest BCUT2D eigenvalue weighted by atomic mass is 10.2. The highest BCUT2D eigenvalue weighted by Crippen LogP contribution is 1.96. The van der Waals surface area contributed by atoms with E-state index in [1.165, 1.54) is 0 Å². The van der Waals surface area contributed by atoms with Crippen LogP contribution in [-0.4, -0.2) is 19.0 Å². The summed E-state index contributed by atoms with van der Waals surface area (Å²) in [6.45, 7) is 5.97. The van der Waals surface area contributed by atoms with E-state index in [0.29, 0.717) is 5.57 Å². The van der Waals surface area contributed by atoms with Gasteiger partial charge in [-0.15, -0.1) is 0 Å². The number of rotatable bonds is 7. The number of unbranched alkanes of at least 4 members (excludes halogenated alkanes) is 1. The Labute approximate surface area is 80.4 Å². The Bertz CT molecular complexity index is 176. The molecule has 0 fully saturated rings. The standard InChI is InChI=1S/C10H20N2O/c1-3-7-12-8-5-4-6-9(2)10(11)13/h6,12H,3-5,7-8H2,1-2H3,(H2,11,13). The van der Waals surface area contributed by atoms with E-state index in [-0.39, 0.29) is 5.91 Å². The Hall–Kier alpha value is -0.830. The fraction of sp³-hybridized carbons (Fsp3) is 0.700. The Morgan fingerprint density at radius 1 is 1.46 bits per heavy atom. The predicted molar refractivity (Wildman–Crippen MR) is 55.3 cm³/mol. The van der Waals surface area contributed by atoms with Crippen molar-refractivity contribution in [2.75, 3.05) is 13.1 Å². The fourth-order valence-electron chi connectivity index (χ4n) is 0.948. The second-order valence-electron chi connectivity index (χ2n) is 3.14. The summed E-state index contributed by atoms with van der Waals surface area (Å²) in [5.41, 5.74) is 5.74. The molecule has 0 saturated heterocycles. The zero-order chi connectivity index (χ0) is 10.1. The summed E-state index contributed by atoms with van der Waals surface area (Å²) in [6.07, 6.45) is 5.04. The molecular formula is C10H20N2O. The van der Waals surface area contributed by atoms with Gasteiger partial charge in [-0.05, 0) is 39.3 Å². The molecule has 0 bridgehead atoms. The van der Waals surface area contributed by atoms with E-state index < -0.39 is 0 Å². The van der Waals surface area contributed by atoms with Crippen molar-refractivity contribution in [1.82, 2.24) is 5.32 Å². The first-order valence-corrected chi connectivity index (χ1v) is 4.85. The lowest BCUT2D eigenvalue weighted by Crippen LogP contribution is -2.15. The molecule has 0 aromatic heterocycles. The molecule has 3 nitrogen and oxygen atoms in total. The molecule has 0 aromatic carbocycles. The first-order valence-electron chi connectivity index (χ1n) is 4.85. The second-order valence-corrected chi connectivity index (χ2v) is 3.14. The number of nitrogens with one attached hydrogen (secondary N) is 1. The van der Waals surface area contributed by atoms with Gasteiger partial charge in [0.25, 0.3) is 0 Å². The number of primary amides is 1. The molecule has 0 atom stereocenters. The maximum atomic E-state index is 10.6. The summed E-state index contributed by atoms with van der Waals surface area (Å²) in [6, 6.07) is 0. The Kier molecular flexibility index (Phi) is 7.30. The van der Waals surface area contributed by atoms with Crippen LogP contribution in [0.25, 0.3) is 0 Å². The molecule has 76 valence electrons. The van der Waals surface area contributed by atoms with Crippen molar-refractivity contribution < 1.29 is 4.79 Å². The zero-order valence-corrected chi connectivity index (χ0v) is 8.60. The first-order chi connectivity index (χ1) is 6.18. The maximum absolute atomic E-state index is 10.6. The van der Waals surface area contributed by atoms with Crippen molar-refractivity contribution in [2.24, 2.45) is 5.73 Å². The van der Waals surface area contributed by atoms with E-state index in [0.717, 1.165) is 32.4 Å². The topological polar surface area (TPSA) is 55.1 Å². The number of carbonyl (C=O) groups is 1. The molecule has 3 heteroatoms. The van der Waals surface area contributed by atoms with Crippen molar-refractivity contribution in [3.63, 3.8) is 0 Å².